The van der Waals surface area contributed by atoms with Gasteiger partial charge in [0, 0.05) is 36.3 Å². The molecule has 0 spiro atoms. The third kappa shape index (κ3) is 4.22. The monoisotopic (exact) mass is 442 g/mol. The minimum absolute atomic E-state index is 0.0903. The Kier molecular flexibility index (Phi) is 5.84. The van der Waals surface area contributed by atoms with Gasteiger partial charge in [0.05, 0.1) is 12.8 Å². The van der Waals surface area contributed by atoms with Crippen molar-refractivity contribution in [2.45, 2.75) is 18.9 Å². The maximum absolute atomic E-state index is 13.4. The van der Waals surface area contributed by atoms with Crippen LogP contribution in [0.25, 0.3) is 12.2 Å². The van der Waals surface area contributed by atoms with Gasteiger partial charge in [0.1, 0.15) is 0 Å². The summed E-state index contributed by atoms with van der Waals surface area (Å²) in [6.07, 6.45) is 6.91. The summed E-state index contributed by atoms with van der Waals surface area (Å²) in [6, 6.07) is 15.4. The third-order valence-corrected chi connectivity index (χ3v) is 6.27. The first-order chi connectivity index (χ1) is 16.1. The summed E-state index contributed by atoms with van der Waals surface area (Å²) in [4.78, 5) is 19.9. The molecule has 6 nitrogen and oxygen atoms in total. The summed E-state index contributed by atoms with van der Waals surface area (Å²) in [5.41, 5.74) is 4.71. The normalized spacial score (nSPS) is 17.2. The van der Waals surface area contributed by atoms with E-state index in [1.54, 1.807) is 13.3 Å². The number of likely N-dealkylation sites (N-methyl/N-ethyl adjacent to an activating group) is 1. The minimum atomic E-state index is -0.0987. The number of carbonyl (C=O) groups is 1. The molecule has 5 rings (SSSR count). The van der Waals surface area contributed by atoms with E-state index in [9.17, 15) is 4.79 Å². The Morgan fingerprint density at radius 3 is 2.91 bits per heavy atom. The van der Waals surface area contributed by atoms with E-state index in [0.717, 1.165) is 35.3 Å². The van der Waals surface area contributed by atoms with Crippen LogP contribution in [0, 0.1) is 0 Å². The van der Waals surface area contributed by atoms with Crippen molar-refractivity contribution in [3.05, 3.63) is 82.7 Å². The SMILES string of the molecule is COc1c2c(cc3c1[C@H](CC(=O)c1cccc(/C=C/c4ccccn4)c1)N(C)CC3)OCO2. The van der Waals surface area contributed by atoms with Gasteiger partial charge in [-0.15, -0.1) is 0 Å². The first kappa shape index (κ1) is 21.2. The van der Waals surface area contributed by atoms with Gasteiger partial charge in [-0.05, 0) is 54.9 Å². The van der Waals surface area contributed by atoms with E-state index in [1.807, 2.05) is 60.7 Å². The maximum Gasteiger partial charge on any atom is 0.231 e. The first-order valence-electron chi connectivity index (χ1n) is 11.1. The van der Waals surface area contributed by atoms with Crippen molar-refractivity contribution in [3.63, 3.8) is 0 Å². The summed E-state index contributed by atoms with van der Waals surface area (Å²) >= 11 is 0. The van der Waals surface area contributed by atoms with Crippen molar-refractivity contribution in [2.24, 2.45) is 0 Å². The number of Topliss-reactive ketones (excluding diaryl/α,β-unsaturated/α-hetero) is 1. The Morgan fingerprint density at radius 1 is 1.18 bits per heavy atom. The second-order valence-electron chi connectivity index (χ2n) is 8.30. The van der Waals surface area contributed by atoms with Crippen molar-refractivity contribution < 1.29 is 19.0 Å². The Balaban J connectivity index is 1.41. The molecule has 33 heavy (non-hydrogen) atoms. The fourth-order valence-electron chi connectivity index (χ4n) is 4.55. The molecule has 0 amide bonds. The van der Waals surface area contributed by atoms with Crippen LogP contribution in [0.2, 0.25) is 0 Å². The molecule has 2 aliphatic heterocycles. The van der Waals surface area contributed by atoms with Gasteiger partial charge in [-0.3, -0.25) is 14.7 Å². The smallest absolute Gasteiger partial charge is 0.231 e. The highest BCUT2D eigenvalue weighted by molar-refractivity contribution is 5.97. The molecule has 0 N–H and O–H groups in total. The van der Waals surface area contributed by atoms with Gasteiger partial charge < -0.3 is 14.2 Å². The van der Waals surface area contributed by atoms with E-state index in [-0.39, 0.29) is 18.6 Å². The van der Waals surface area contributed by atoms with Crippen LogP contribution in [0.1, 0.15) is 45.2 Å². The van der Waals surface area contributed by atoms with Crippen LogP contribution in [0.3, 0.4) is 0 Å². The van der Waals surface area contributed by atoms with E-state index in [2.05, 4.69) is 16.9 Å². The number of carbonyl (C=O) groups excluding carboxylic acids is 1. The molecule has 0 aliphatic carbocycles. The fourth-order valence-corrected chi connectivity index (χ4v) is 4.55. The standard InChI is InChI=1S/C27H26N2O4/c1-29-13-11-20-15-24-26(33-17-32-24)27(31-2)25(20)22(29)16-23(30)19-7-5-6-18(14-19)9-10-21-8-3-4-12-28-21/h3-10,12,14-15,22H,11,13,16-17H2,1-2H3/b10-9+/t22-/m0/s1. The lowest BCUT2D eigenvalue weighted by Gasteiger charge is -2.35. The summed E-state index contributed by atoms with van der Waals surface area (Å²) in [5, 5.41) is 0. The van der Waals surface area contributed by atoms with Crippen LogP contribution < -0.4 is 14.2 Å². The average molecular weight is 443 g/mol. The van der Waals surface area contributed by atoms with Gasteiger partial charge in [0.25, 0.3) is 0 Å². The van der Waals surface area contributed by atoms with E-state index in [4.69, 9.17) is 14.2 Å². The molecule has 2 aromatic carbocycles. The van der Waals surface area contributed by atoms with Crippen LogP contribution in [-0.2, 0) is 6.42 Å². The Bertz CT molecular complexity index is 1210. The number of rotatable bonds is 6. The quantitative estimate of drug-likeness (QED) is 0.512. The van der Waals surface area contributed by atoms with Crippen molar-refractivity contribution in [1.82, 2.24) is 9.88 Å². The predicted molar refractivity (Wildman–Crippen MR) is 127 cm³/mol. The molecule has 0 unspecified atom stereocenters. The van der Waals surface area contributed by atoms with Gasteiger partial charge in [-0.2, -0.15) is 0 Å². The molecule has 0 fully saturated rings. The summed E-state index contributed by atoms with van der Waals surface area (Å²) in [7, 11) is 3.69. The number of nitrogens with zero attached hydrogens (tertiary/aromatic N) is 2. The molecule has 6 heteroatoms. The van der Waals surface area contributed by atoms with Gasteiger partial charge in [0.2, 0.25) is 12.5 Å². The first-order valence-corrected chi connectivity index (χ1v) is 11.1. The highest BCUT2D eigenvalue weighted by atomic mass is 16.7. The molecule has 0 radical (unpaired) electrons. The summed E-state index contributed by atoms with van der Waals surface area (Å²) in [5.74, 6) is 2.11. The molecule has 2 aliphatic rings. The molecular formula is C27H26N2O4. The molecule has 0 saturated heterocycles. The number of benzene rings is 2. The van der Waals surface area contributed by atoms with Crippen molar-refractivity contribution in [3.8, 4) is 17.2 Å². The van der Waals surface area contributed by atoms with Crippen molar-refractivity contribution >= 4 is 17.9 Å². The highest BCUT2D eigenvalue weighted by Crippen LogP contribution is 2.50. The molecule has 3 heterocycles. The van der Waals surface area contributed by atoms with Gasteiger partial charge in [-0.1, -0.05) is 30.3 Å². The highest BCUT2D eigenvalue weighted by Gasteiger charge is 2.35. The Labute approximate surface area is 193 Å². The van der Waals surface area contributed by atoms with Crippen LogP contribution >= 0.6 is 0 Å². The topological polar surface area (TPSA) is 60.9 Å². The van der Waals surface area contributed by atoms with Crippen LogP contribution in [0.15, 0.2) is 54.7 Å². The maximum atomic E-state index is 13.4. The van der Waals surface area contributed by atoms with E-state index in [1.165, 1.54) is 0 Å². The Hall–Kier alpha value is -3.64. The van der Waals surface area contributed by atoms with E-state index in [0.29, 0.717) is 29.2 Å². The van der Waals surface area contributed by atoms with Crippen LogP contribution in [0.4, 0.5) is 0 Å². The zero-order chi connectivity index (χ0) is 22.8. The number of hydrogen-bond acceptors (Lipinski definition) is 6. The second-order valence-corrected chi connectivity index (χ2v) is 8.30. The van der Waals surface area contributed by atoms with Crippen LogP contribution in [-0.4, -0.2) is 43.2 Å². The second kappa shape index (κ2) is 9.08. The molecule has 1 aromatic heterocycles. The lowest BCUT2D eigenvalue weighted by Crippen LogP contribution is -2.34. The number of hydrogen-bond donors (Lipinski definition) is 0. The number of pyridine rings is 1. The Morgan fingerprint density at radius 2 is 2.09 bits per heavy atom. The lowest BCUT2D eigenvalue weighted by molar-refractivity contribution is 0.0925. The molecule has 0 bridgehead atoms. The largest absolute Gasteiger partial charge is 0.492 e. The van der Waals surface area contributed by atoms with E-state index >= 15 is 0 Å². The van der Waals surface area contributed by atoms with Gasteiger partial charge >= 0.3 is 0 Å². The van der Waals surface area contributed by atoms with Crippen molar-refractivity contribution in [1.29, 1.82) is 0 Å². The van der Waals surface area contributed by atoms with E-state index < -0.39 is 0 Å². The average Bonchev–Trinajstić information content (AvgIpc) is 3.32. The molecule has 0 saturated carbocycles. The fraction of sp³-hybridized carbons (Fsp3) is 0.259. The molecule has 1 atom stereocenters. The van der Waals surface area contributed by atoms with Crippen molar-refractivity contribution in [2.75, 3.05) is 27.5 Å². The number of fused-ring (bicyclic) bond motifs is 2. The molecular weight excluding hydrogens is 416 g/mol. The molecule has 3 aromatic rings. The minimum Gasteiger partial charge on any atom is -0.492 e. The number of ketones is 1. The lowest BCUT2D eigenvalue weighted by atomic mass is 9.87. The number of aromatic nitrogens is 1. The van der Waals surface area contributed by atoms with Gasteiger partial charge in [0.15, 0.2) is 17.3 Å². The van der Waals surface area contributed by atoms with Gasteiger partial charge in [-0.25, -0.2) is 0 Å². The zero-order valence-electron chi connectivity index (χ0n) is 18.8. The third-order valence-electron chi connectivity index (χ3n) is 6.27. The summed E-state index contributed by atoms with van der Waals surface area (Å²) in [6.45, 7) is 1.05. The van der Waals surface area contributed by atoms with Crippen LogP contribution in [0.5, 0.6) is 17.2 Å². The predicted octanol–water partition coefficient (Wildman–Crippen LogP) is 4.79. The number of ether oxygens (including phenoxy) is 3. The number of methoxy groups -OCH3 is 1. The summed E-state index contributed by atoms with van der Waals surface area (Å²) < 4.78 is 17.0. The molecule has 168 valence electrons. The zero-order valence-corrected chi connectivity index (χ0v) is 18.8.